The number of phenols is 1. The molecule has 3 aromatic rings. The number of nitrogens with zero attached hydrogens (tertiary/aromatic N) is 2. The summed E-state index contributed by atoms with van der Waals surface area (Å²) in [5.41, 5.74) is 4.17. The van der Waals surface area contributed by atoms with E-state index in [0.717, 1.165) is 28.0 Å². The van der Waals surface area contributed by atoms with Gasteiger partial charge in [0.1, 0.15) is 11.6 Å². The molecule has 2 aromatic carbocycles. The Kier molecular flexibility index (Phi) is 2.75. The van der Waals surface area contributed by atoms with Gasteiger partial charge in [0.25, 0.3) is 0 Å². The van der Waals surface area contributed by atoms with Gasteiger partial charge in [-0.25, -0.2) is 4.98 Å². The van der Waals surface area contributed by atoms with Crippen molar-refractivity contribution < 1.29 is 5.11 Å². The molecule has 0 amide bonds. The minimum Gasteiger partial charge on any atom is -0.508 e. The molecular weight excluding hydrogens is 236 g/mol. The molecule has 0 atom stereocenters. The van der Waals surface area contributed by atoms with Crippen LogP contribution >= 0.6 is 0 Å². The number of imidazole rings is 1. The molecule has 0 bridgehead atoms. The maximum atomic E-state index is 9.93. The molecule has 3 nitrogen and oxygen atoms in total. The third kappa shape index (κ3) is 2.08. The Morgan fingerprint density at radius 3 is 2.74 bits per heavy atom. The number of fused-ring (bicyclic) bond motifs is 1. The highest BCUT2D eigenvalue weighted by Gasteiger charge is 2.10. The number of phenolic OH excluding ortho intramolecular Hbond substituents is 1. The van der Waals surface area contributed by atoms with Gasteiger partial charge in [-0.05, 0) is 25.1 Å². The molecule has 0 aliphatic rings. The first-order valence-electron chi connectivity index (χ1n) is 6.34. The van der Waals surface area contributed by atoms with Crippen LogP contribution in [0.3, 0.4) is 0 Å². The molecule has 0 aliphatic carbocycles. The van der Waals surface area contributed by atoms with Gasteiger partial charge >= 0.3 is 0 Å². The van der Waals surface area contributed by atoms with E-state index in [9.17, 15) is 5.11 Å². The Balaban J connectivity index is 2.06. The monoisotopic (exact) mass is 252 g/mol. The molecular formula is C16H16N2O. The summed E-state index contributed by atoms with van der Waals surface area (Å²) in [6, 6.07) is 13.7. The molecule has 3 rings (SSSR count). The fourth-order valence-electron chi connectivity index (χ4n) is 2.38. The first-order valence-corrected chi connectivity index (χ1v) is 6.34. The van der Waals surface area contributed by atoms with Crippen molar-refractivity contribution in [3.63, 3.8) is 0 Å². The number of aromatic hydroxyl groups is 1. The van der Waals surface area contributed by atoms with Gasteiger partial charge in [0.15, 0.2) is 0 Å². The topological polar surface area (TPSA) is 38.1 Å². The first-order chi connectivity index (χ1) is 9.15. The van der Waals surface area contributed by atoms with Gasteiger partial charge < -0.3 is 9.67 Å². The van der Waals surface area contributed by atoms with Crippen molar-refractivity contribution >= 4 is 11.0 Å². The predicted molar refractivity (Wildman–Crippen MR) is 76.4 cm³/mol. The second-order valence-corrected chi connectivity index (χ2v) is 4.88. The van der Waals surface area contributed by atoms with Crippen molar-refractivity contribution in [2.24, 2.45) is 7.05 Å². The second-order valence-electron chi connectivity index (χ2n) is 4.88. The van der Waals surface area contributed by atoms with Crippen molar-refractivity contribution in [3.05, 3.63) is 59.4 Å². The van der Waals surface area contributed by atoms with E-state index < -0.39 is 0 Å². The minimum absolute atomic E-state index is 0.331. The molecule has 19 heavy (non-hydrogen) atoms. The third-order valence-corrected chi connectivity index (χ3v) is 3.46. The highest BCUT2D eigenvalue weighted by molar-refractivity contribution is 5.75. The van der Waals surface area contributed by atoms with E-state index in [2.05, 4.69) is 15.6 Å². The van der Waals surface area contributed by atoms with Gasteiger partial charge in [-0.1, -0.05) is 29.8 Å². The smallest absolute Gasteiger partial charge is 0.119 e. The number of rotatable bonds is 2. The van der Waals surface area contributed by atoms with Crippen molar-refractivity contribution in [2.45, 2.75) is 13.3 Å². The van der Waals surface area contributed by atoms with Crippen LogP contribution in [0.15, 0.2) is 42.5 Å². The number of hydrogen-bond acceptors (Lipinski definition) is 2. The maximum absolute atomic E-state index is 9.93. The summed E-state index contributed by atoms with van der Waals surface area (Å²) in [7, 11) is 2.01. The van der Waals surface area contributed by atoms with Crippen molar-refractivity contribution in [1.29, 1.82) is 0 Å². The van der Waals surface area contributed by atoms with Gasteiger partial charge in [0, 0.05) is 19.0 Å². The molecule has 0 radical (unpaired) electrons. The third-order valence-electron chi connectivity index (χ3n) is 3.46. The van der Waals surface area contributed by atoms with Crippen LogP contribution < -0.4 is 0 Å². The molecule has 3 heteroatoms. The zero-order chi connectivity index (χ0) is 13.4. The summed E-state index contributed by atoms with van der Waals surface area (Å²) in [6.45, 7) is 2.03. The van der Waals surface area contributed by atoms with E-state index in [1.807, 2.05) is 44.3 Å². The fourth-order valence-corrected chi connectivity index (χ4v) is 2.38. The van der Waals surface area contributed by atoms with Crippen LogP contribution in [0.1, 0.15) is 17.0 Å². The van der Waals surface area contributed by atoms with E-state index in [4.69, 9.17) is 0 Å². The van der Waals surface area contributed by atoms with Gasteiger partial charge in [0.05, 0.1) is 11.0 Å². The normalized spacial score (nSPS) is 11.1. The Bertz CT molecular complexity index is 744. The molecule has 0 fully saturated rings. The quantitative estimate of drug-likeness (QED) is 0.760. The molecule has 96 valence electrons. The Morgan fingerprint density at radius 1 is 1.16 bits per heavy atom. The lowest BCUT2D eigenvalue weighted by atomic mass is 10.1. The van der Waals surface area contributed by atoms with Crippen LogP contribution in [0.5, 0.6) is 5.75 Å². The van der Waals surface area contributed by atoms with E-state index in [1.54, 1.807) is 6.07 Å². The number of hydrogen-bond donors (Lipinski definition) is 1. The van der Waals surface area contributed by atoms with Crippen LogP contribution in [-0.4, -0.2) is 14.7 Å². The van der Waals surface area contributed by atoms with E-state index >= 15 is 0 Å². The minimum atomic E-state index is 0.331. The molecule has 0 saturated heterocycles. The molecule has 1 N–H and O–H groups in total. The number of benzene rings is 2. The maximum Gasteiger partial charge on any atom is 0.119 e. The van der Waals surface area contributed by atoms with E-state index in [0.29, 0.717) is 12.2 Å². The average Bonchev–Trinajstić information content (AvgIpc) is 2.72. The van der Waals surface area contributed by atoms with Crippen LogP contribution in [0.4, 0.5) is 0 Å². The van der Waals surface area contributed by atoms with E-state index in [1.165, 1.54) is 0 Å². The molecule has 0 saturated carbocycles. The van der Waals surface area contributed by atoms with Crippen LogP contribution in [-0.2, 0) is 13.5 Å². The number of aromatic nitrogens is 2. The Labute approximate surface area is 112 Å². The fraction of sp³-hybridized carbons (Fsp3) is 0.188. The highest BCUT2D eigenvalue weighted by atomic mass is 16.3. The van der Waals surface area contributed by atoms with Gasteiger partial charge in [-0.2, -0.15) is 0 Å². The summed E-state index contributed by atoms with van der Waals surface area (Å²) in [5, 5.41) is 9.93. The zero-order valence-electron chi connectivity index (χ0n) is 11.1. The Morgan fingerprint density at radius 2 is 1.95 bits per heavy atom. The summed E-state index contributed by atoms with van der Waals surface area (Å²) < 4.78 is 2.08. The van der Waals surface area contributed by atoms with Crippen molar-refractivity contribution in [1.82, 2.24) is 9.55 Å². The van der Waals surface area contributed by atoms with Gasteiger partial charge in [0.2, 0.25) is 0 Å². The largest absolute Gasteiger partial charge is 0.508 e. The predicted octanol–water partition coefficient (Wildman–Crippen LogP) is 3.18. The van der Waals surface area contributed by atoms with Gasteiger partial charge in [-0.3, -0.25) is 0 Å². The SMILES string of the molecule is Cc1ccc(O)c(Cc2nc3ccccc3n2C)c1. The second kappa shape index (κ2) is 4.43. The lowest BCUT2D eigenvalue weighted by Crippen LogP contribution is -1.99. The lowest BCUT2D eigenvalue weighted by molar-refractivity contribution is 0.468. The van der Waals surface area contributed by atoms with E-state index in [-0.39, 0.29) is 0 Å². The first kappa shape index (κ1) is 11.8. The van der Waals surface area contributed by atoms with Crippen LogP contribution in [0, 0.1) is 6.92 Å². The summed E-state index contributed by atoms with van der Waals surface area (Å²) in [6.07, 6.45) is 0.638. The van der Waals surface area contributed by atoms with Crippen LogP contribution in [0.2, 0.25) is 0 Å². The average molecular weight is 252 g/mol. The standard InChI is InChI=1S/C16H16N2O/c1-11-7-8-15(19)12(9-11)10-16-17-13-5-3-4-6-14(13)18(16)2/h3-9,19H,10H2,1-2H3. The summed E-state index contributed by atoms with van der Waals surface area (Å²) in [4.78, 5) is 4.63. The number of para-hydroxylation sites is 2. The van der Waals surface area contributed by atoms with Crippen molar-refractivity contribution in [3.8, 4) is 5.75 Å². The number of aryl methyl sites for hydroxylation is 2. The Hall–Kier alpha value is -2.29. The van der Waals surface area contributed by atoms with Crippen molar-refractivity contribution in [2.75, 3.05) is 0 Å². The summed E-state index contributed by atoms with van der Waals surface area (Å²) in [5.74, 6) is 1.29. The molecule has 0 aliphatic heterocycles. The lowest BCUT2D eigenvalue weighted by Gasteiger charge is -2.06. The molecule has 1 aromatic heterocycles. The summed E-state index contributed by atoms with van der Waals surface area (Å²) >= 11 is 0. The molecule has 0 unspecified atom stereocenters. The van der Waals surface area contributed by atoms with Gasteiger partial charge in [-0.15, -0.1) is 0 Å². The zero-order valence-corrected chi connectivity index (χ0v) is 11.1. The van der Waals surface area contributed by atoms with Crippen LogP contribution in [0.25, 0.3) is 11.0 Å². The highest BCUT2D eigenvalue weighted by Crippen LogP contribution is 2.23. The molecule has 1 heterocycles. The molecule has 0 spiro atoms.